The largest absolute Gasteiger partial charge is 0.352 e. The number of halogens is 2. The number of nitrogens with zero attached hydrogens (tertiary/aromatic N) is 1. The highest BCUT2D eigenvalue weighted by Crippen LogP contribution is 2.20. The summed E-state index contributed by atoms with van der Waals surface area (Å²) in [7, 11) is 0. The van der Waals surface area contributed by atoms with Crippen molar-refractivity contribution >= 4 is 18.3 Å². The second-order valence-corrected chi connectivity index (χ2v) is 6.64. The molecule has 0 saturated carbocycles. The summed E-state index contributed by atoms with van der Waals surface area (Å²) in [6, 6.07) is 6.85. The van der Waals surface area contributed by atoms with Crippen LogP contribution in [0, 0.1) is 5.82 Å². The fourth-order valence-electron chi connectivity index (χ4n) is 3.57. The summed E-state index contributed by atoms with van der Waals surface area (Å²) >= 11 is 0. The molecule has 0 spiro atoms. The van der Waals surface area contributed by atoms with E-state index in [-0.39, 0.29) is 30.2 Å². The molecule has 2 fully saturated rings. The van der Waals surface area contributed by atoms with E-state index in [1.54, 1.807) is 0 Å². The van der Waals surface area contributed by atoms with Crippen LogP contribution in [-0.2, 0) is 11.3 Å². The van der Waals surface area contributed by atoms with Crippen molar-refractivity contribution in [3.05, 3.63) is 35.6 Å². The van der Waals surface area contributed by atoms with E-state index in [2.05, 4.69) is 15.5 Å². The highest BCUT2D eigenvalue weighted by Gasteiger charge is 2.30. The van der Waals surface area contributed by atoms with E-state index in [4.69, 9.17) is 0 Å². The van der Waals surface area contributed by atoms with Gasteiger partial charge in [-0.15, -0.1) is 12.4 Å². The molecule has 1 aromatic rings. The Morgan fingerprint density at radius 2 is 1.88 bits per heavy atom. The fraction of sp³-hybridized carbons (Fsp3) is 0.611. The van der Waals surface area contributed by atoms with Crippen molar-refractivity contribution in [3.63, 3.8) is 0 Å². The van der Waals surface area contributed by atoms with E-state index in [0.29, 0.717) is 12.6 Å². The van der Waals surface area contributed by atoms with Gasteiger partial charge in [-0.2, -0.15) is 0 Å². The molecule has 1 atom stereocenters. The number of hydrogen-bond donors (Lipinski definition) is 2. The molecule has 0 aliphatic carbocycles. The van der Waals surface area contributed by atoms with E-state index in [9.17, 15) is 9.18 Å². The van der Waals surface area contributed by atoms with Gasteiger partial charge in [-0.25, -0.2) is 4.39 Å². The van der Waals surface area contributed by atoms with Crippen LogP contribution < -0.4 is 10.6 Å². The van der Waals surface area contributed by atoms with Crippen LogP contribution in [0.1, 0.15) is 37.7 Å². The average Bonchev–Trinajstić information content (AvgIpc) is 2.58. The molecule has 4 nitrogen and oxygen atoms in total. The molecular weight excluding hydrogens is 329 g/mol. The third kappa shape index (κ3) is 5.16. The van der Waals surface area contributed by atoms with Gasteiger partial charge in [0.1, 0.15) is 5.82 Å². The van der Waals surface area contributed by atoms with Crippen LogP contribution >= 0.6 is 12.4 Å². The first kappa shape index (κ1) is 19.2. The van der Waals surface area contributed by atoms with Crippen molar-refractivity contribution in [1.82, 2.24) is 15.5 Å². The lowest BCUT2D eigenvalue weighted by atomic mass is 9.99. The normalized spacial score (nSPS) is 22.6. The number of amides is 1. The molecule has 1 aromatic carbocycles. The van der Waals surface area contributed by atoms with Crippen molar-refractivity contribution in [2.75, 3.05) is 19.6 Å². The van der Waals surface area contributed by atoms with E-state index < -0.39 is 0 Å². The van der Waals surface area contributed by atoms with Gasteiger partial charge in [-0.3, -0.25) is 9.69 Å². The summed E-state index contributed by atoms with van der Waals surface area (Å²) < 4.78 is 13.0. The molecule has 2 heterocycles. The first-order chi connectivity index (χ1) is 11.2. The zero-order valence-electron chi connectivity index (χ0n) is 14.0. The van der Waals surface area contributed by atoms with Crippen LogP contribution in [0.15, 0.2) is 24.3 Å². The molecule has 3 rings (SSSR count). The Balaban J connectivity index is 0.00000208. The van der Waals surface area contributed by atoms with Gasteiger partial charge in [0.05, 0.1) is 6.04 Å². The highest BCUT2D eigenvalue weighted by molar-refractivity contribution is 5.85. The topological polar surface area (TPSA) is 44.4 Å². The summed E-state index contributed by atoms with van der Waals surface area (Å²) in [6.45, 7) is 3.61. The Labute approximate surface area is 149 Å². The first-order valence-corrected chi connectivity index (χ1v) is 8.72. The Morgan fingerprint density at radius 1 is 1.17 bits per heavy atom. The van der Waals surface area contributed by atoms with Crippen molar-refractivity contribution in [2.24, 2.45) is 0 Å². The van der Waals surface area contributed by atoms with Crippen LogP contribution in [0.25, 0.3) is 0 Å². The van der Waals surface area contributed by atoms with Gasteiger partial charge in [-0.05, 0) is 63.0 Å². The zero-order valence-corrected chi connectivity index (χ0v) is 14.8. The second-order valence-electron chi connectivity index (χ2n) is 6.64. The summed E-state index contributed by atoms with van der Waals surface area (Å²) in [5, 5.41) is 6.55. The number of benzene rings is 1. The van der Waals surface area contributed by atoms with Gasteiger partial charge < -0.3 is 10.6 Å². The van der Waals surface area contributed by atoms with Gasteiger partial charge >= 0.3 is 0 Å². The number of rotatable bonds is 4. The van der Waals surface area contributed by atoms with E-state index >= 15 is 0 Å². The molecule has 2 aliphatic heterocycles. The number of carbonyl (C=O) groups is 1. The molecule has 2 saturated heterocycles. The van der Waals surface area contributed by atoms with E-state index in [1.807, 2.05) is 12.1 Å². The molecule has 0 bridgehead atoms. The van der Waals surface area contributed by atoms with Crippen LogP contribution in [0.3, 0.4) is 0 Å². The lowest BCUT2D eigenvalue weighted by molar-refractivity contribution is -0.128. The third-order valence-corrected chi connectivity index (χ3v) is 4.90. The van der Waals surface area contributed by atoms with Crippen LogP contribution in [0.5, 0.6) is 0 Å². The molecule has 6 heteroatoms. The van der Waals surface area contributed by atoms with Crippen molar-refractivity contribution in [1.29, 1.82) is 0 Å². The second kappa shape index (κ2) is 9.35. The predicted octanol–water partition coefficient (Wildman–Crippen LogP) is 2.47. The maximum atomic E-state index is 13.0. The van der Waals surface area contributed by atoms with Gasteiger partial charge in [-0.1, -0.05) is 18.6 Å². The lowest BCUT2D eigenvalue weighted by Gasteiger charge is -2.36. The summed E-state index contributed by atoms with van der Waals surface area (Å²) in [4.78, 5) is 14.9. The van der Waals surface area contributed by atoms with Crippen LogP contribution in [0.2, 0.25) is 0 Å². The summed E-state index contributed by atoms with van der Waals surface area (Å²) in [5.74, 6) is -0.0497. The minimum atomic E-state index is -0.215. The number of carbonyl (C=O) groups excluding carboxylic acids is 1. The number of nitrogens with one attached hydrogen (secondary N) is 2. The van der Waals surface area contributed by atoms with Crippen LogP contribution in [-0.4, -0.2) is 42.5 Å². The molecule has 1 amide bonds. The molecule has 24 heavy (non-hydrogen) atoms. The maximum absolute atomic E-state index is 13.0. The van der Waals surface area contributed by atoms with Crippen molar-refractivity contribution < 1.29 is 9.18 Å². The SMILES string of the molecule is Cl.O=C(NC1CCNCC1)C1CCCCN1Cc1ccc(F)cc1. The van der Waals surface area contributed by atoms with E-state index in [1.165, 1.54) is 12.1 Å². The minimum absolute atomic E-state index is 0. The first-order valence-electron chi connectivity index (χ1n) is 8.72. The summed E-state index contributed by atoms with van der Waals surface area (Å²) in [6.07, 6.45) is 5.16. The molecule has 2 aliphatic rings. The molecule has 2 N–H and O–H groups in total. The lowest BCUT2D eigenvalue weighted by Crippen LogP contribution is -2.53. The molecule has 1 unspecified atom stereocenters. The molecule has 0 aromatic heterocycles. The standard InChI is InChI=1S/C18H26FN3O.ClH/c19-15-6-4-14(5-7-15)13-22-12-2-1-3-17(22)18(23)21-16-8-10-20-11-9-16;/h4-7,16-17,20H,1-3,8-13H2,(H,21,23);1H. The minimum Gasteiger partial charge on any atom is -0.352 e. The van der Waals surface area contributed by atoms with Crippen molar-refractivity contribution in [3.8, 4) is 0 Å². The van der Waals surface area contributed by atoms with Gasteiger partial charge in [0.2, 0.25) is 5.91 Å². The Kier molecular flexibility index (Phi) is 7.46. The van der Waals surface area contributed by atoms with E-state index in [0.717, 1.165) is 57.3 Å². The number of likely N-dealkylation sites (tertiary alicyclic amines) is 1. The molecule has 0 radical (unpaired) electrons. The molecule has 134 valence electrons. The van der Waals surface area contributed by atoms with Crippen LogP contribution in [0.4, 0.5) is 4.39 Å². The predicted molar refractivity (Wildman–Crippen MR) is 95.7 cm³/mol. The number of hydrogen-bond acceptors (Lipinski definition) is 3. The quantitative estimate of drug-likeness (QED) is 0.872. The Morgan fingerprint density at radius 3 is 2.58 bits per heavy atom. The van der Waals surface area contributed by atoms with Gasteiger partial charge in [0.15, 0.2) is 0 Å². The molecular formula is C18H27ClFN3O. The smallest absolute Gasteiger partial charge is 0.237 e. The fourth-order valence-corrected chi connectivity index (χ4v) is 3.57. The third-order valence-electron chi connectivity index (χ3n) is 4.90. The van der Waals surface area contributed by atoms with Crippen molar-refractivity contribution in [2.45, 2.75) is 50.7 Å². The van der Waals surface area contributed by atoms with Gasteiger partial charge in [0.25, 0.3) is 0 Å². The maximum Gasteiger partial charge on any atom is 0.237 e. The highest BCUT2D eigenvalue weighted by atomic mass is 35.5. The Bertz CT molecular complexity index is 520. The number of piperidine rings is 2. The van der Waals surface area contributed by atoms with Gasteiger partial charge in [0, 0.05) is 12.6 Å². The Hall–Kier alpha value is -1.17. The summed E-state index contributed by atoms with van der Waals surface area (Å²) in [5.41, 5.74) is 1.06. The monoisotopic (exact) mass is 355 g/mol. The zero-order chi connectivity index (χ0) is 16.1. The average molecular weight is 356 g/mol.